The fourth-order valence-corrected chi connectivity index (χ4v) is 7.52. The van der Waals surface area contributed by atoms with E-state index in [1.807, 2.05) is 4.72 Å². The minimum atomic E-state index is -4.48. The van der Waals surface area contributed by atoms with Crippen molar-refractivity contribution in [2.24, 2.45) is 5.90 Å². The molecule has 0 aromatic heterocycles. The maximum atomic E-state index is 12.9. The number of nitrogens with one attached hydrogen (secondary N) is 3. The van der Waals surface area contributed by atoms with Crippen molar-refractivity contribution in [2.45, 2.75) is 48.3 Å². The number of carbonyl (C=O) groups excluding carboxylic acids is 4. The van der Waals surface area contributed by atoms with Crippen LogP contribution in [0.15, 0.2) is 155 Å². The second-order valence-corrected chi connectivity index (χ2v) is 16.9. The van der Waals surface area contributed by atoms with Gasteiger partial charge in [0, 0.05) is 46.2 Å². The molecule has 0 radical (unpaired) electrons. The van der Waals surface area contributed by atoms with E-state index in [1.165, 1.54) is 79.7 Å². The van der Waals surface area contributed by atoms with Crippen molar-refractivity contribution < 1.29 is 63.3 Å². The average molecular weight is 1000 g/mol. The third kappa shape index (κ3) is 16.5. The Morgan fingerprint density at radius 3 is 1.53 bits per heavy atom. The largest absolute Gasteiger partial charge is 0.416 e. The van der Waals surface area contributed by atoms with Gasteiger partial charge in [0.05, 0.1) is 39.4 Å². The van der Waals surface area contributed by atoms with Crippen LogP contribution in [-0.2, 0) is 41.3 Å². The SMILES string of the molecule is CC(=O)CCCC(=O)NS(=O)(=O)c1ccccc1NC(=O)c1ccc(C#Cc2cccc(C(F)(F)F)c2)cc1.NOOSc1ccccc1NC(=O)c1ccc(C#Cc2cccc(C(F)(F)F)c2)cc1. The maximum Gasteiger partial charge on any atom is 0.416 e. The van der Waals surface area contributed by atoms with E-state index in [2.05, 4.69) is 43.6 Å². The summed E-state index contributed by atoms with van der Waals surface area (Å²) in [5.74, 6) is 13.8. The van der Waals surface area contributed by atoms with E-state index in [0.717, 1.165) is 36.3 Å². The summed E-state index contributed by atoms with van der Waals surface area (Å²) >= 11 is 0.843. The first kappa shape index (κ1) is 53.2. The molecule has 0 bridgehead atoms. The zero-order chi connectivity index (χ0) is 50.9. The van der Waals surface area contributed by atoms with Gasteiger partial charge in [-0.3, -0.25) is 14.4 Å². The van der Waals surface area contributed by atoms with Crippen LogP contribution in [0.25, 0.3) is 0 Å². The molecule has 0 fully saturated rings. The summed E-state index contributed by atoms with van der Waals surface area (Å²) in [7, 11) is -4.31. The Morgan fingerprint density at radius 1 is 0.586 bits per heavy atom. The highest BCUT2D eigenvalue weighted by molar-refractivity contribution is 7.94. The smallest absolute Gasteiger partial charge is 0.321 e. The molecule has 0 aliphatic heterocycles. The fourth-order valence-electron chi connectivity index (χ4n) is 5.89. The molecule has 360 valence electrons. The predicted octanol–water partition coefficient (Wildman–Crippen LogP) is 10.1. The topological polar surface area (TPSA) is 183 Å². The van der Waals surface area contributed by atoms with Gasteiger partial charge in [-0.25, -0.2) is 13.1 Å². The number of sulfonamides is 1. The van der Waals surface area contributed by atoms with Crippen molar-refractivity contribution in [1.82, 2.24) is 4.72 Å². The van der Waals surface area contributed by atoms with Gasteiger partial charge in [-0.15, -0.1) is 9.32 Å². The summed E-state index contributed by atoms with van der Waals surface area (Å²) < 4.78 is 109. The molecule has 0 aliphatic rings. The van der Waals surface area contributed by atoms with Crippen LogP contribution < -0.4 is 21.3 Å². The molecule has 6 aromatic carbocycles. The number of alkyl halides is 6. The molecule has 5 N–H and O–H groups in total. The third-order valence-electron chi connectivity index (χ3n) is 9.28. The number of hydrogen-bond donors (Lipinski definition) is 4. The van der Waals surface area contributed by atoms with Gasteiger partial charge in [-0.2, -0.15) is 32.2 Å². The maximum absolute atomic E-state index is 12.9. The average Bonchev–Trinajstić information content (AvgIpc) is 3.32. The molecule has 0 spiro atoms. The van der Waals surface area contributed by atoms with Crippen molar-refractivity contribution in [1.29, 1.82) is 0 Å². The standard InChI is InChI=1S/C28H23F3N2O5S.C22H15F3N2O3S/c1-19(34)6-4-11-26(35)33-39(37,38)25-10-3-2-9-24(25)32-27(36)22-16-14-20(15-17-22)12-13-21-7-5-8-23(18-21)28(29,30)31;23-22(24,25)18-5-3-4-16(14-18)9-8-15-10-12-17(13-11-15)21(28)27-19-6-1-2-7-20(19)31-30-29-26/h2-3,5,7-10,14-18H,4,6,11H2,1H3,(H,32,36)(H,33,35);1-7,10-14H,26H2,(H,27,28). The Balaban J connectivity index is 0.000000267. The highest BCUT2D eigenvalue weighted by atomic mass is 32.2. The Kier molecular flexibility index (Phi) is 18.7. The van der Waals surface area contributed by atoms with Crippen LogP contribution in [0.1, 0.15) is 80.3 Å². The molecule has 0 aliphatic carbocycles. The van der Waals surface area contributed by atoms with Crippen molar-refractivity contribution in [3.05, 3.63) is 190 Å². The zero-order valence-electron chi connectivity index (χ0n) is 36.4. The van der Waals surface area contributed by atoms with Crippen LogP contribution in [0.5, 0.6) is 0 Å². The van der Waals surface area contributed by atoms with Crippen LogP contribution >= 0.6 is 12.0 Å². The zero-order valence-corrected chi connectivity index (χ0v) is 38.0. The van der Waals surface area contributed by atoms with Gasteiger partial charge in [-0.1, -0.05) is 60.1 Å². The van der Waals surface area contributed by atoms with E-state index in [9.17, 15) is 53.9 Å². The van der Waals surface area contributed by atoms with Crippen LogP contribution in [0.2, 0.25) is 0 Å². The van der Waals surface area contributed by atoms with Gasteiger partial charge >= 0.3 is 12.4 Å². The number of anilines is 2. The van der Waals surface area contributed by atoms with Crippen molar-refractivity contribution in [3.8, 4) is 23.7 Å². The predicted molar refractivity (Wildman–Crippen MR) is 249 cm³/mol. The molecule has 0 saturated heterocycles. The molecular weight excluding hydrogens is 963 g/mol. The van der Waals surface area contributed by atoms with Crippen molar-refractivity contribution >= 4 is 56.9 Å². The van der Waals surface area contributed by atoms with Gasteiger partial charge < -0.3 is 15.4 Å². The number of carbonyl (C=O) groups is 4. The Bertz CT molecular complexity index is 3090. The molecule has 0 heterocycles. The number of halogens is 6. The molecule has 0 atom stereocenters. The second kappa shape index (κ2) is 24.5. The summed E-state index contributed by atoms with van der Waals surface area (Å²) in [4.78, 5) is 52.7. The van der Waals surface area contributed by atoms with E-state index in [-0.39, 0.29) is 58.2 Å². The molecule has 20 heteroatoms. The number of benzene rings is 6. The highest BCUT2D eigenvalue weighted by Crippen LogP contribution is 2.31. The van der Waals surface area contributed by atoms with E-state index in [4.69, 9.17) is 5.90 Å². The lowest BCUT2D eigenvalue weighted by atomic mass is 10.1. The van der Waals surface area contributed by atoms with Crippen LogP contribution in [-0.4, -0.2) is 31.9 Å². The molecule has 6 rings (SSSR count). The van der Waals surface area contributed by atoms with Gasteiger partial charge in [0.2, 0.25) is 5.91 Å². The monoisotopic (exact) mass is 1000 g/mol. The van der Waals surface area contributed by atoms with E-state index in [1.54, 1.807) is 48.5 Å². The molecular formula is C50H38F6N4O8S2. The van der Waals surface area contributed by atoms with E-state index < -0.39 is 45.3 Å². The summed E-state index contributed by atoms with van der Waals surface area (Å²) in [5, 5.41) is 5.26. The minimum Gasteiger partial charge on any atom is -0.321 e. The van der Waals surface area contributed by atoms with Crippen molar-refractivity contribution in [3.63, 3.8) is 0 Å². The molecule has 0 saturated carbocycles. The lowest BCUT2D eigenvalue weighted by molar-refractivity contribution is -0.195. The summed E-state index contributed by atoms with van der Waals surface area (Å²) in [6, 6.07) is 34.1. The molecule has 3 amide bonds. The first-order valence-electron chi connectivity index (χ1n) is 20.4. The lowest BCUT2D eigenvalue weighted by Gasteiger charge is -2.12. The number of ketones is 1. The number of para-hydroxylation sites is 2. The van der Waals surface area contributed by atoms with Crippen molar-refractivity contribution in [2.75, 3.05) is 10.6 Å². The number of hydrogen-bond acceptors (Lipinski definition) is 10. The highest BCUT2D eigenvalue weighted by Gasteiger charge is 2.31. The number of amides is 3. The molecule has 0 unspecified atom stereocenters. The normalized spacial score (nSPS) is 11.0. The molecule has 6 aromatic rings. The number of Topliss-reactive ketones (excluding diaryl/α,β-unsaturated/α-hetero) is 1. The second-order valence-electron chi connectivity index (χ2n) is 14.5. The first-order chi connectivity index (χ1) is 33.2. The Morgan fingerprint density at radius 2 is 1.04 bits per heavy atom. The van der Waals surface area contributed by atoms with Crippen LogP contribution in [0.3, 0.4) is 0 Å². The quantitative estimate of drug-likeness (QED) is 0.0286. The van der Waals surface area contributed by atoms with Crippen LogP contribution in [0, 0.1) is 23.7 Å². The van der Waals surface area contributed by atoms with E-state index >= 15 is 0 Å². The third-order valence-corrected chi connectivity index (χ3v) is 11.4. The minimum absolute atomic E-state index is 0.0556. The molecule has 70 heavy (non-hydrogen) atoms. The summed E-state index contributed by atoms with van der Waals surface area (Å²) in [5.41, 5.74) is 0.843. The van der Waals surface area contributed by atoms with Gasteiger partial charge in [-0.05, 0) is 123 Å². The fraction of sp³-hybridized carbons (Fsp3) is 0.120. The van der Waals surface area contributed by atoms with Gasteiger partial charge in [0.1, 0.15) is 10.7 Å². The lowest BCUT2D eigenvalue weighted by Crippen LogP contribution is -2.31. The van der Waals surface area contributed by atoms with E-state index in [0.29, 0.717) is 27.3 Å². The number of rotatable bonds is 13. The van der Waals surface area contributed by atoms with Gasteiger partial charge in [0.15, 0.2) is 0 Å². The van der Waals surface area contributed by atoms with Crippen LogP contribution in [0.4, 0.5) is 37.7 Å². The summed E-state index contributed by atoms with van der Waals surface area (Å²) in [6.07, 6.45) is -8.71. The first-order valence-corrected chi connectivity index (χ1v) is 22.6. The summed E-state index contributed by atoms with van der Waals surface area (Å²) in [6.45, 7) is 1.37. The molecule has 12 nitrogen and oxygen atoms in total. The van der Waals surface area contributed by atoms with Gasteiger partial charge in [0.25, 0.3) is 21.8 Å². The Hall–Kier alpha value is -7.72. The number of nitrogens with two attached hydrogens (primary N) is 1. The Labute approximate surface area is 402 Å².